The highest BCUT2D eigenvalue weighted by Crippen LogP contribution is 2.40. The molecule has 0 spiro atoms. The summed E-state index contributed by atoms with van der Waals surface area (Å²) in [4.78, 5) is 61.2. The number of carbonyl (C=O) groups excluding carboxylic acids is 3. The molecule has 0 aliphatic carbocycles. The van der Waals surface area contributed by atoms with E-state index in [1.54, 1.807) is 0 Å². The highest BCUT2D eigenvalue weighted by Gasteiger charge is 2.44. The van der Waals surface area contributed by atoms with E-state index in [2.05, 4.69) is 155 Å². The Bertz CT molecular complexity index is 4190. The first-order chi connectivity index (χ1) is 43.2. The van der Waals surface area contributed by atoms with Gasteiger partial charge in [0, 0.05) is 80.5 Å². The van der Waals surface area contributed by atoms with Gasteiger partial charge in [-0.2, -0.15) is 0 Å². The minimum Gasteiger partial charge on any atom is -0.465 e. The van der Waals surface area contributed by atoms with Gasteiger partial charge in [0.25, 0.3) is 0 Å². The van der Waals surface area contributed by atoms with Crippen LogP contribution in [0, 0.1) is 6.92 Å². The summed E-state index contributed by atoms with van der Waals surface area (Å²) in [6.07, 6.45) is 2.28. The number of rotatable bonds is 20. The van der Waals surface area contributed by atoms with Crippen molar-refractivity contribution < 1.29 is 53.8 Å². The Morgan fingerprint density at radius 1 is 0.538 bits per heavy atom. The molecule has 7 aromatic rings. The predicted octanol–water partition coefficient (Wildman–Crippen LogP) is 11.6. The van der Waals surface area contributed by atoms with Crippen LogP contribution in [0.3, 0.4) is 0 Å². The summed E-state index contributed by atoms with van der Waals surface area (Å²) in [6, 6.07) is 35.0. The number of aromatic nitrogens is 4. The first-order valence-electron chi connectivity index (χ1n) is 31.6. The maximum atomic E-state index is 14.7. The molecule has 1 saturated heterocycles. The number of ketones is 1. The molecule has 1 unspecified atom stereocenters. The molecule has 6 heterocycles. The SMILES string of the molecule is COC(=O)c1cc(C[SiH](C)C)cc(-c2c3nc(c(-c4cc(C[SiH](C)C)cc(C(=O)CCCCOC5O[C@H](CO)[C@@H](O)[C@H](O)[C@H]5O)c4)c4ccc([nH]4)c(-c4cc(C(=O)OC)cc([Si](C)(C)C)c4)c4nc(c(-c5cc(C)cc([Si](C)(C)C)c5)c5ccc2[nH]5)C=C4)C=C3)c1. The van der Waals surface area contributed by atoms with Gasteiger partial charge in [0.05, 0.1) is 70.9 Å². The Kier molecular flexibility index (Phi) is 20.1. The van der Waals surface area contributed by atoms with Crippen LogP contribution in [0.4, 0.5) is 0 Å². The molecule has 6 N–H and O–H groups in total. The number of methoxy groups -OCH3 is 2. The summed E-state index contributed by atoms with van der Waals surface area (Å²) >= 11 is 0. The van der Waals surface area contributed by atoms with Crippen LogP contribution in [-0.2, 0) is 31.0 Å². The first kappa shape index (κ1) is 66.6. The molecule has 476 valence electrons. The molecule has 3 aliphatic heterocycles. The van der Waals surface area contributed by atoms with Crippen LogP contribution in [0.5, 0.6) is 0 Å². The Hall–Kier alpha value is -7.28. The fourth-order valence-electron chi connectivity index (χ4n) is 12.4. The number of nitrogens with one attached hydrogen (secondary N) is 2. The predicted molar refractivity (Wildman–Crippen MR) is 377 cm³/mol. The van der Waals surface area contributed by atoms with Crippen molar-refractivity contribution in [3.05, 3.63) is 153 Å². The second-order valence-electron chi connectivity index (χ2n) is 27.4. The topological polar surface area (TPSA) is 226 Å². The van der Waals surface area contributed by atoms with Gasteiger partial charge in [0.2, 0.25) is 0 Å². The van der Waals surface area contributed by atoms with E-state index in [0.29, 0.717) is 46.6 Å². The number of fused-ring (bicyclic) bond motifs is 8. The van der Waals surface area contributed by atoms with Crippen LogP contribution in [0.15, 0.2) is 97.1 Å². The number of benzene rings is 4. The molecule has 0 amide bonds. The second-order valence-corrected chi connectivity index (χ2v) is 43.9. The van der Waals surface area contributed by atoms with E-state index in [0.717, 1.165) is 106 Å². The molecule has 19 heteroatoms. The summed E-state index contributed by atoms with van der Waals surface area (Å²) in [7, 11) is -3.61. The fourth-order valence-corrected chi connectivity index (χ4v) is 17.2. The highest BCUT2D eigenvalue weighted by molar-refractivity contribution is 6.89. The number of aryl methyl sites for hydroxylation is 1. The molecule has 3 aromatic heterocycles. The molecule has 91 heavy (non-hydrogen) atoms. The normalized spacial score (nSPS) is 17.5. The number of H-pyrrole nitrogens is 2. The summed E-state index contributed by atoms with van der Waals surface area (Å²) in [5.41, 5.74) is 17.0. The fraction of sp³-hybridized carbons (Fsp3) is 0.347. The van der Waals surface area contributed by atoms with Crippen LogP contribution in [0.1, 0.15) is 89.8 Å². The van der Waals surface area contributed by atoms with Gasteiger partial charge in [-0.1, -0.05) is 118 Å². The number of hydrogen-bond donors (Lipinski definition) is 6. The van der Waals surface area contributed by atoms with Crippen molar-refractivity contribution in [3.63, 3.8) is 0 Å². The number of esters is 2. The number of nitrogens with zero attached hydrogens (tertiary/aromatic N) is 2. The van der Waals surface area contributed by atoms with Crippen LogP contribution in [0.2, 0.25) is 65.5 Å². The molecule has 8 bridgehead atoms. The third kappa shape index (κ3) is 14.8. The van der Waals surface area contributed by atoms with Gasteiger partial charge in [-0.3, -0.25) is 4.79 Å². The molecular formula is C72H86N4O11Si4. The van der Waals surface area contributed by atoms with Crippen molar-refractivity contribution in [3.8, 4) is 44.5 Å². The molecule has 0 radical (unpaired) electrons. The quantitative estimate of drug-likeness (QED) is 0.0181. The van der Waals surface area contributed by atoms with E-state index in [1.807, 2.05) is 48.6 Å². The van der Waals surface area contributed by atoms with Crippen LogP contribution in [0.25, 0.3) is 90.9 Å². The smallest absolute Gasteiger partial charge is 0.337 e. The van der Waals surface area contributed by atoms with Gasteiger partial charge >= 0.3 is 11.9 Å². The zero-order chi connectivity index (χ0) is 65.4. The Balaban J connectivity index is 1.26. The Labute approximate surface area is 538 Å². The number of Topliss-reactive ketones (excluding diaryl/α,β-unsaturated/α-hetero) is 1. The molecule has 3 aliphatic rings. The zero-order valence-electron chi connectivity index (χ0n) is 54.6. The molecule has 10 rings (SSSR count). The number of carbonyl (C=O) groups is 3. The highest BCUT2D eigenvalue weighted by atomic mass is 28.3. The average molecular weight is 1300 g/mol. The van der Waals surface area contributed by atoms with Gasteiger partial charge in [-0.25, -0.2) is 19.6 Å². The maximum Gasteiger partial charge on any atom is 0.337 e. The van der Waals surface area contributed by atoms with Crippen molar-refractivity contribution in [1.82, 2.24) is 19.9 Å². The number of aromatic amines is 2. The van der Waals surface area contributed by atoms with E-state index in [9.17, 15) is 34.8 Å². The third-order valence-corrected chi connectivity index (χ3v) is 23.6. The largest absolute Gasteiger partial charge is 0.465 e. The molecule has 15 nitrogen and oxygen atoms in total. The molecule has 4 aromatic carbocycles. The van der Waals surface area contributed by atoms with Crippen LogP contribution < -0.4 is 10.4 Å². The number of ether oxygens (including phenoxy) is 4. The van der Waals surface area contributed by atoms with Crippen LogP contribution >= 0.6 is 0 Å². The Morgan fingerprint density at radius 3 is 1.40 bits per heavy atom. The number of hydrogen-bond acceptors (Lipinski definition) is 13. The lowest BCUT2D eigenvalue weighted by molar-refractivity contribution is -0.301. The van der Waals surface area contributed by atoms with Gasteiger partial charge in [-0.15, -0.1) is 0 Å². The number of aliphatic hydroxyl groups excluding tert-OH is 4. The zero-order valence-corrected chi connectivity index (χ0v) is 58.9. The maximum absolute atomic E-state index is 14.7. The summed E-state index contributed by atoms with van der Waals surface area (Å²) in [6.45, 7) is 24.7. The van der Waals surface area contributed by atoms with Crippen molar-refractivity contribution in [1.29, 1.82) is 0 Å². The van der Waals surface area contributed by atoms with Crippen molar-refractivity contribution in [2.45, 2.75) is 134 Å². The average Bonchev–Trinajstić information content (AvgIpc) is 1.67. The minimum atomic E-state index is -2.09. The lowest BCUT2D eigenvalue weighted by Crippen LogP contribution is -2.59. The molecule has 1 fully saturated rings. The van der Waals surface area contributed by atoms with E-state index in [1.165, 1.54) is 19.4 Å². The van der Waals surface area contributed by atoms with Gasteiger partial charge in [0.1, 0.15) is 24.4 Å². The van der Waals surface area contributed by atoms with E-state index in [-0.39, 0.29) is 18.8 Å². The number of unbranched alkanes of at least 4 members (excludes halogenated alkanes) is 1. The summed E-state index contributed by atoms with van der Waals surface area (Å²) in [5.74, 6) is -0.945. The molecular weight excluding hydrogens is 1210 g/mol. The standard InChI is InChI=1S/C72H86N4O11Si4/c1-41-26-45(35-51(27-41)90(8,9)10)63-53-17-19-57(73-53)65(47-30-43(40-89(6)7)31-49(33-47)70(82)84-2)58-21-20-55(75-58)64(56-22-24-60(76-56)66(59-23-18-54(63)74-59)48-34-50(71(83)85-3)37-52(36-48)91(11,12)13)46-29-42(39-88(4)5)28-44(32-46)61(78)16-14-15-25-86-72-69(81)68(80)67(79)62(38-77)87-72/h17-24,26-37,62,67-69,72-73,76-77,79-81,88-89H,14-16,25,38-40H2,1-13H3/t62-,67-,68+,69-,72?/m1/s1. The monoisotopic (exact) mass is 1290 g/mol. The van der Waals surface area contributed by atoms with Gasteiger partial charge in [0.15, 0.2) is 12.1 Å². The Morgan fingerprint density at radius 2 is 0.956 bits per heavy atom. The summed E-state index contributed by atoms with van der Waals surface area (Å²) < 4.78 is 22.2. The first-order valence-corrected chi connectivity index (χ1v) is 44.8. The van der Waals surface area contributed by atoms with Gasteiger partial charge in [-0.05, 0) is 150 Å². The van der Waals surface area contributed by atoms with E-state index in [4.69, 9.17) is 28.9 Å². The van der Waals surface area contributed by atoms with E-state index < -0.39 is 83.0 Å². The number of aliphatic hydroxyl groups is 4. The molecule has 5 atom stereocenters. The lowest BCUT2D eigenvalue weighted by Gasteiger charge is -2.39. The molecule has 0 saturated carbocycles. The third-order valence-electron chi connectivity index (χ3n) is 17.0. The van der Waals surface area contributed by atoms with Crippen LogP contribution in [-0.4, -0.2) is 150 Å². The minimum absolute atomic E-state index is 0.0710. The van der Waals surface area contributed by atoms with Gasteiger partial charge < -0.3 is 49.3 Å². The second kappa shape index (κ2) is 27.5. The van der Waals surface area contributed by atoms with Crippen molar-refractivity contribution in [2.24, 2.45) is 0 Å². The lowest BCUT2D eigenvalue weighted by atomic mass is 9.95. The van der Waals surface area contributed by atoms with Crippen molar-refractivity contribution in [2.75, 3.05) is 27.4 Å². The van der Waals surface area contributed by atoms with Crippen molar-refractivity contribution >= 4 is 108 Å². The van der Waals surface area contributed by atoms with E-state index >= 15 is 0 Å². The summed E-state index contributed by atoms with van der Waals surface area (Å²) in [5, 5.41) is 43.3.